The first-order valence-electron chi connectivity index (χ1n) is 32.2. The third kappa shape index (κ3) is 8.63. The quantitative estimate of drug-likeness (QED) is 0.177. The Morgan fingerprint density at radius 3 is 0.866 bits per heavy atom. The number of allylic oxidation sites excluding steroid dienone is 4. The van der Waals surface area contributed by atoms with Gasteiger partial charge in [0.25, 0.3) is 0 Å². The van der Waals surface area contributed by atoms with Crippen LogP contribution in [0.1, 0.15) is 184 Å². The zero-order valence-corrected chi connectivity index (χ0v) is 49.5. The summed E-state index contributed by atoms with van der Waals surface area (Å²) in [7, 11) is 0. The zero-order valence-electron chi connectivity index (χ0n) is 47.8. The van der Waals surface area contributed by atoms with Crippen LogP contribution in [0.4, 0.5) is 0 Å². The van der Waals surface area contributed by atoms with Crippen molar-refractivity contribution in [2.45, 2.75) is 154 Å². The number of fused-ring (bicyclic) bond motifs is 4. The first kappa shape index (κ1) is 52.8. The van der Waals surface area contributed by atoms with Gasteiger partial charge in [0.2, 0.25) is 0 Å². The van der Waals surface area contributed by atoms with Gasteiger partial charge < -0.3 is 9.97 Å². The van der Waals surface area contributed by atoms with Gasteiger partial charge in [0.1, 0.15) is 0 Å². The lowest BCUT2D eigenvalue weighted by Gasteiger charge is -2.37. The molecule has 2 N–H and O–H groups in total. The second-order valence-electron chi connectivity index (χ2n) is 27.0. The normalized spacial score (nSPS) is 28.0. The van der Waals surface area contributed by atoms with Gasteiger partial charge in [-0.05, 0) is 217 Å². The van der Waals surface area contributed by atoms with E-state index in [0.29, 0.717) is 47.3 Å². The van der Waals surface area contributed by atoms with Crippen molar-refractivity contribution in [2.24, 2.45) is 57.3 Å². The second kappa shape index (κ2) is 21.6. The fourth-order valence-corrected chi connectivity index (χ4v) is 19.1. The van der Waals surface area contributed by atoms with E-state index in [1.807, 2.05) is 0 Å². The van der Waals surface area contributed by atoms with E-state index in [1.165, 1.54) is 214 Å². The Bertz CT molecular complexity index is 3580. The molecule has 11 aliphatic rings. The fourth-order valence-electron chi connectivity index (χ4n) is 19.1. The molecule has 4 nitrogen and oxygen atoms in total. The van der Waals surface area contributed by atoms with Crippen molar-refractivity contribution in [1.29, 1.82) is 0 Å². The maximum absolute atomic E-state index is 6.45. The van der Waals surface area contributed by atoms with Crippen molar-refractivity contribution >= 4 is 58.5 Å². The van der Waals surface area contributed by atoms with Gasteiger partial charge in [-0.15, -0.1) is 24.8 Å². The average molecular weight is 1120 g/mol. The number of hydrogen-bond donors (Lipinski definition) is 2. The Morgan fingerprint density at radius 2 is 0.549 bits per heavy atom. The summed E-state index contributed by atoms with van der Waals surface area (Å²) in [6.07, 6.45) is 30.4. The van der Waals surface area contributed by atoms with Crippen LogP contribution in [-0.4, -0.2) is 21.4 Å². The summed E-state index contributed by atoms with van der Waals surface area (Å²) in [5.41, 5.74) is 30.5. The lowest BCUT2D eigenvalue weighted by atomic mass is 9.66. The number of nitrogens with one attached hydrogen (secondary N) is 2. The number of aromatic nitrogens is 2. The maximum Gasteiger partial charge on any atom is 0.0772 e. The Balaban J connectivity index is 0.00000288. The SMILES string of the molecule is Cl.Cl.c1ccc(C2=C3N=C(C4=C3CC3CCCCC3C4)C(c3ccccc3)=c3[nH]c(c4c3CC3CCCCC3C4)=C(c3ccccc3)C3=NC(=C(c4ccccc4)c4[nH]c2c2c4CC4CCCCC4C2)C2=C3CC3CCCCC3C2)cc1. The van der Waals surface area contributed by atoms with E-state index in [1.54, 1.807) is 22.3 Å². The van der Waals surface area contributed by atoms with E-state index in [2.05, 4.69) is 131 Å². The summed E-state index contributed by atoms with van der Waals surface area (Å²) >= 11 is 0. The molecule has 2 aromatic heterocycles. The van der Waals surface area contributed by atoms with E-state index < -0.39 is 0 Å². The molecule has 0 radical (unpaired) electrons. The van der Waals surface area contributed by atoms with E-state index in [4.69, 9.17) is 9.98 Å². The van der Waals surface area contributed by atoms with Crippen LogP contribution in [-0.2, 0) is 25.7 Å². The van der Waals surface area contributed by atoms with E-state index in [0.717, 1.165) is 51.4 Å². The molecule has 6 heteroatoms. The fraction of sp³-hybridized carbons (Fsp3) is 0.421. The van der Waals surface area contributed by atoms with Gasteiger partial charge in [-0.25, -0.2) is 9.98 Å². The van der Waals surface area contributed by atoms with Gasteiger partial charge in [-0.1, -0.05) is 173 Å². The van der Waals surface area contributed by atoms with Crippen LogP contribution in [0, 0.1) is 47.3 Å². The average Bonchev–Trinajstić information content (AvgIpc) is 4.44. The second-order valence-corrected chi connectivity index (χ2v) is 27.0. The zero-order chi connectivity index (χ0) is 52.4. The molecule has 4 heterocycles. The summed E-state index contributed by atoms with van der Waals surface area (Å²) in [4.78, 5) is 22.1. The highest BCUT2D eigenvalue weighted by atomic mass is 35.5. The van der Waals surface area contributed by atoms with Crippen LogP contribution in [0.5, 0.6) is 0 Å². The predicted molar refractivity (Wildman–Crippen MR) is 342 cm³/mol. The molecule has 2 aliphatic heterocycles. The predicted octanol–water partition coefficient (Wildman–Crippen LogP) is 17.3. The molecule has 6 aromatic rings. The van der Waals surface area contributed by atoms with Gasteiger partial charge in [0.15, 0.2) is 0 Å². The van der Waals surface area contributed by atoms with Crippen molar-refractivity contribution in [3.8, 4) is 0 Å². The minimum absolute atomic E-state index is 0. The van der Waals surface area contributed by atoms with Crippen LogP contribution in [0.3, 0.4) is 0 Å². The number of hydrogen-bond acceptors (Lipinski definition) is 2. The number of benzene rings is 4. The van der Waals surface area contributed by atoms with E-state index in [9.17, 15) is 0 Å². The van der Waals surface area contributed by atoms with Crippen LogP contribution >= 0.6 is 24.8 Å². The van der Waals surface area contributed by atoms with Gasteiger partial charge in [0.05, 0.1) is 44.9 Å². The smallest absolute Gasteiger partial charge is 0.0772 e. The molecule has 0 saturated heterocycles. The first-order valence-corrected chi connectivity index (χ1v) is 32.2. The summed E-state index contributed by atoms with van der Waals surface area (Å²) in [6.45, 7) is 0. The van der Waals surface area contributed by atoms with Crippen molar-refractivity contribution in [1.82, 2.24) is 9.97 Å². The third-order valence-corrected chi connectivity index (χ3v) is 22.9. The summed E-state index contributed by atoms with van der Waals surface area (Å²) < 4.78 is 0. The van der Waals surface area contributed by atoms with Gasteiger partial charge in [0, 0.05) is 22.3 Å². The minimum atomic E-state index is 0. The molecule has 9 aliphatic carbocycles. The number of halogens is 2. The van der Waals surface area contributed by atoms with E-state index in [-0.39, 0.29) is 24.8 Å². The monoisotopic (exact) mass is 1120 g/mol. The van der Waals surface area contributed by atoms with Crippen molar-refractivity contribution in [3.63, 3.8) is 0 Å². The van der Waals surface area contributed by atoms with E-state index >= 15 is 0 Å². The minimum Gasteiger partial charge on any atom is -0.354 e. The molecule has 0 spiro atoms. The summed E-state index contributed by atoms with van der Waals surface area (Å²) in [5, 5.41) is 2.66. The van der Waals surface area contributed by atoms with Crippen LogP contribution < -0.4 is 10.7 Å². The molecule has 4 aromatic carbocycles. The van der Waals surface area contributed by atoms with Crippen LogP contribution in [0.15, 0.2) is 165 Å². The van der Waals surface area contributed by atoms with Crippen LogP contribution in [0.25, 0.3) is 22.3 Å². The van der Waals surface area contributed by atoms with Gasteiger partial charge in [-0.3, -0.25) is 0 Å². The number of H-pyrrole nitrogens is 2. The Labute approximate surface area is 498 Å². The molecule has 4 fully saturated rings. The Hall–Kier alpha value is -5.94. The molecule has 82 heavy (non-hydrogen) atoms. The number of nitrogens with zero attached hydrogens (tertiary/aromatic N) is 2. The standard InChI is InChI=1S/C76H78N4.2ClH/c1-5-21-45(22-6-1)65-69-57-37-49-29-13-15-31-51(49)39-59(57)71(77-69)66(46-23-7-2-8-24-46)73-61-41-53-33-17-19-35-55(53)43-63(61)75(79-73)68(48-27-11-4-12-28-48)76-64-44-56-36-20-18-34-54(56)42-62(64)74(80-76)67(47-25-9-3-10-26-47)72-60-40-52-32-16-14-30-50(52)38-58(60)70(65)78-72;;/h1-12,21-28,49-56,77,80H,13-20,29-44H2;2*1H. The molecule has 8 atom stereocenters. The molecule has 8 bridgehead atoms. The molecule has 8 unspecified atom stereocenters. The lowest BCUT2D eigenvalue weighted by molar-refractivity contribution is 0.221. The molecule has 0 amide bonds. The molecule has 17 rings (SSSR count). The lowest BCUT2D eigenvalue weighted by Crippen LogP contribution is -2.33. The number of aliphatic imine (C=N–C) groups is 2. The molecule has 418 valence electrons. The highest BCUT2D eigenvalue weighted by molar-refractivity contribution is 6.35. The van der Waals surface area contributed by atoms with Crippen molar-refractivity contribution < 1.29 is 0 Å². The first-order chi connectivity index (χ1) is 39.7. The number of rotatable bonds is 4. The number of aromatic amines is 2. The largest absolute Gasteiger partial charge is 0.354 e. The molecular formula is C76H80Cl2N4. The molecule has 4 saturated carbocycles. The van der Waals surface area contributed by atoms with Crippen molar-refractivity contribution in [3.05, 3.63) is 222 Å². The Morgan fingerprint density at radius 1 is 0.280 bits per heavy atom. The third-order valence-electron chi connectivity index (χ3n) is 22.9. The topological polar surface area (TPSA) is 56.3 Å². The Kier molecular flexibility index (Phi) is 13.9. The van der Waals surface area contributed by atoms with Crippen molar-refractivity contribution in [2.75, 3.05) is 0 Å². The summed E-state index contributed by atoms with van der Waals surface area (Å²) in [6, 6.07) is 46.5. The van der Waals surface area contributed by atoms with Gasteiger partial charge >= 0.3 is 0 Å². The summed E-state index contributed by atoms with van der Waals surface area (Å²) in [5.74, 6) is 5.55. The van der Waals surface area contributed by atoms with Crippen LogP contribution in [0.2, 0.25) is 0 Å². The highest BCUT2D eigenvalue weighted by Crippen LogP contribution is 2.56. The van der Waals surface area contributed by atoms with Gasteiger partial charge in [-0.2, -0.15) is 0 Å². The maximum atomic E-state index is 6.45. The highest BCUT2D eigenvalue weighted by Gasteiger charge is 2.45. The molecular weight excluding hydrogens is 1040 g/mol.